The van der Waals surface area contributed by atoms with Crippen LogP contribution in [0.1, 0.15) is 26.2 Å². The van der Waals surface area contributed by atoms with Gasteiger partial charge in [0.1, 0.15) is 0 Å². The number of amides is 3. The number of carboxylic acids is 1. The van der Waals surface area contributed by atoms with E-state index in [1.807, 2.05) is 0 Å². The van der Waals surface area contributed by atoms with Crippen molar-refractivity contribution in [3.05, 3.63) is 0 Å². The molecule has 19 heavy (non-hydrogen) atoms. The molecule has 3 N–H and O–H groups in total. The topological polar surface area (TPSA) is 104 Å². The largest absolute Gasteiger partial charge is 0.481 e. The number of rotatable bonds is 5. The number of hydrogen-bond donors (Lipinski definition) is 2. The van der Waals surface area contributed by atoms with E-state index < -0.39 is 17.3 Å². The lowest BCUT2D eigenvalue weighted by Crippen LogP contribution is -2.43. The first kappa shape index (κ1) is 15.3. The molecule has 108 valence electrons. The molecule has 0 spiro atoms. The normalized spacial score (nSPS) is 22.3. The summed E-state index contributed by atoms with van der Waals surface area (Å²) in [6.45, 7) is 2.97. The summed E-state index contributed by atoms with van der Waals surface area (Å²) >= 11 is 0. The third-order valence-corrected chi connectivity index (χ3v) is 3.55. The first-order valence-electron chi connectivity index (χ1n) is 6.28. The smallest absolute Gasteiger partial charge is 0.319 e. The van der Waals surface area contributed by atoms with Crippen LogP contribution < -0.4 is 5.73 Å². The third kappa shape index (κ3) is 3.84. The van der Waals surface area contributed by atoms with Crippen molar-refractivity contribution in [1.29, 1.82) is 0 Å². The van der Waals surface area contributed by atoms with Gasteiger partial charge in [-0.1, -0.05) is 0 Å². The second-order valence-electron chi connectivity index (χ2n) is 5.30. The maximum Gasteiger partial charge on any atom is 0.319 e. The molecule has 3 amide bonds. The molecule has 0 radical (unpaired) electrons. The van der Waals surface area contributed by atoms with E-state index in [9.17, 15) is 14.4 Å². The van der Waals surface area contributed by atoms with Crippen molar-refractivity contribution in [1.82, 2.24) is 9.80 Å². The quantitative estimate of drug-likeness (QED) is 0.740. The fourth-order valence-corrected chi connectivity index (χ4v) is 2.13. The van der Waals surface area contributed by atoms with Crippen LogP contribution in [0.5, 0.6) is 0 Å². The van der Waals surface area contributed by atoms with E-state index in [-0.39, 0.29) is 12.5 Å². The summed E-state index contributed by atoms with van der Waals surface area (Å²) in [6.07, 6.45) is 1.02. The average Bonchev–Trinajstić information content (AvgIpc) is 2.71. The fourth-order valence-electron chi connectivity index (χ4n) is 2.13. The van der Waals surface area contributed by atoms with Gasteiger partial charge in [0.05, 0.1) is 5.41 Å². The molecule has 0 bridgehead atoms. The van der Waals surface area contributed by atoms with Crippen molar-refractivity contribution in [2.24, 2.45) is 11.1 Å². The second-order valence-corrected chi connectivity index (χ2v) is 5.30. The van der Waals surface area contributed by atoms with Crippen LogP contribution in [0.2, 0.25) is 0 Å². The summed E-state index contributed by atoms with van der Waals surface area (Å²) in [4.78, 5) is 36.9. The second kappa shape index (κ2) is 5.90. The molecule has 1 aliphatic heterocycles. The maximum absolute atomic E-state index is 12.1. The Kier molecular flexibility index (Phi) is 4.74. The number of hydrogen-bond acceptors (Lipinski definition) is 3. The number of aliphatic carboxylic acids is 1. The van der Waals surface area contributed by atoms with E-state index in [1.54, 1.807) is 18.9 Å². The Labute approximate surface area is 112 Å². The first-order valence-corrected chi connectivity index (χ1v) is 6.28. The van der Waals surface area contributed by atoms with Crippen molar-refractivity contribution >= 4 is 17.9 Å². The third-order valence-electron chi connectivity index (χ3n) is 3.55. The Balaban J connectivity index is 2.46. The van der Waals surface area contributed by atoms with Crippen molar-refractivity contribution in [3.8, 4) is 0 Å². The SMILES string of the molecule is CN(CCCC(=O)O)C(=O)N1CCC(C)(C(N)=O)C1. The predicted molar refractivity (Wildman–Crippen MR) is 68.4 cm³/mol. The number of carboxylic acid groups (broad SMARTS) is 1. The lowest BCUT2D eigenvalue weighted by atomic mass is 9.89. The van der Waals surface area contributed by atoms with Gasteiger partial charge in [-0.25, -0.2) is 4.79 Å². The molecule has 0 aromatic rings. The average molecular weight is 271 g/mol. The van der Waals surface area contributed by atoms with Crippen LogP contribution in [0.25, 0.3) is 0 Å². The highest BCUT2D eigenvalue weighted by Crippen LogP contribution is 2.29. The van der Waals surface area contributed by atoms with E-state index in [1.165, 1.54) is 4.90 Å². The Bertz CT molecular complexity index is 385. The number of nitrogens with zero attached hydrogens (tertiary/aromatic N) is 2. The van der Waals surface area contributed by atoms with Gasteiger partial charge in [0.25, 0.3) is 0 Å². The van der Waals surface area contributed by atoms with Gasteiger partial charge in [-0.15, -0.1) is 0 Å². The van der Waals surface area contributed by atoms with Crippen LogP contribution in [-0.2, 0) is 9.59 Å². The summed E-state index contributed by atoms with van der Waals surface area (Å²) in [5, 5.41) is 8.54. The van der Waals surface area contributed by atoms with Crippen LogP contribution in [-0.4, -0.2) is 59.5 Å². The summed E-state index contributed by atoms with van der Waals surface area (Å²) in [7, 11) is 1.63. The minimum atomic E-state index is -0.872. The van der Waals surface area contributed by atoms with Crippen LogP contribution in [0, 0.1) is 5.41 Å². The molecule has 1 unspecified atom stereocenters. The van der Waals surface area contributed by atoms with Crippen molar-refractivity contribution in [2.45, 2.75) is 26.2 Å². The Morgan fingerprint density at radius 1 is 1.42 bits per heavy atom. The van der Waals surface area contributed by atoms with E-state index >= 15 is 0 Å². The number of carbonyl (C=O) groups excluding carboxylic acids is 2. The van der Waals surface area contributed by atoms with E-state index in [4.69, 9.17) is 10.8 Å². The van der Waals surface area contributed by atoms with Gasteiger partial charge in [-0.2, -0.15) is 0 Å². The van der Waals surface area contributed by atoms with Crippen LogP contribution in [0.15, 0.2) is 0 Å². The minimum absolute atomic E-state index is 0.0383. The zero-order valence-corrected chi connectivity index (χ0v) is 11.4. The lowest BCUT2D eigenvalue weighted by molar-refractivity contribution is -0.137. The number of carbonyl (C=O) groups is 3. The molecule has 1 atom stereocenters. The summed E-state index contributed by atoms with van der Waals surface area (Å²) in [5.41, 5.74) is 4.67. The lowest BCUT2D eigenvalue weighted by Gasteiger charge is -2.26. The van der Waals surface area contributed by atoms with Gasteiger partial charge in [-0.3, -0.25) is 9.59 Å². The Morgan fingerprint density at radius 2 is 2.05 bits per heavy atom. The number of primary amides is 1. The molecule has 0 aromatic carbocycles. The first-order chi connectivity index (χ1) is 8.76. The minimum Gasteiger partial charge on any atom is -0.481 e. The molecule has 0 aliphatic carbocycles. The molecular formula is C12H21N3O4. The van der Waals surface area contributed by atoms with Crippen LogP contribution >= 0.6 is 0 Å². The zero-order valence-electron chi connectivity index (χ0n) is 11.4. The van der Waals surface area contributed by atoms with Crippen molar-refractivity contribution in [3.63, 3.8) is 0 Å². The highest BCUT2D eigenvalue weighted by atomic mass is 16.4. The Hall–Kier alpha value is -1.79. The van der Waals surface area contributed by atoms with Gasteiger partial charge in [0.2, 0.25) is 5.91 Å². The van der Waals surface area contributed by atoms with Gasteiger partial charge in [0, 0.05) is 33.1 Å². The molecule has 0 aromatic heterocycles. The molecule has 1 rings (SSSR count). The van der Waals surface area contributed by atoms with E-state index in [0.717, 1.165) is 0 Å². The van der Waals surface area contributed by atoms with Crippen LogP contribution in [0.4, 0.5) is 4.79 Å². The molecule has 7 heteroatoms. The highest BCUT2D eigenvalue weighted by molar-refractivity contribution is 5.83. The van der Waals surface area contributed by atoms with E-state index in [2.05, 4.69) is 0 Å². The molecular weight excluding hydrogens is 250 g/mol. The summed E-state index contributed by atoms with van der Waals surface area (Å²) in [6, 6.07) is -0.185. The number of nitrogens with two attached hydrogens (primary N) is 1. The highest BCUT2D eigenvalue weighted by Gasteiger charge is 2.41. The number of urea groups is 1. The molecule has 7 nitrogen and oxygen atoms in total. The fraction of sp³-hybridized carbons (Fsp3) is 0.750. The summed E-state index contributed by atoms with van der Waals surface area (Å²) in [5.74, 6) is -1.26. The molecule has 1 saturated heterocycles. The monoisotopic (exact) mass is 271 g/mol. The standard InChI is InChI=1S/C12H21N3O4/c1-12(10(13)18)5-7-15(8-12)11(19)14(2)6-3-4-9(16)17/h3-8H2,1-2H3,(H2,13,18)(H,16,17). The van der Waals surface area contributed by atoms with Crippen LogP contribution in [0.3, 0.4) is 0 Å². The van der Waals surface area contributed by atoms with Gasteiger partial charge >= 0.3 is 12.0 Å². The van der Waals surface area contributed by atoms with E-state index in [0.29, 0.717) is 32.5 Å². The number of likely N-dealkylation sites (tertiary alicyclic amines) is 1. The van der Waals surface area contributed by atoms with Crippen molar-refractivity contribution in [2.75, 3.05) is 26.7 Å². The van der Waals surface area contributed by atoms with Gasteiger partial charge in [0.15, 0.2) is 0 Å². The van der Waals surface area contributed by atoms with Gasteiger partial charge < -0.3 is 20.6 Å². The molecule has 1 heterocycles. The van der Waals surface area contributed by atoms with Crippen molar-refractivity contribution < 1.29 is 19.5 Å². The Morgan fingerprint density at radius 3 is 2.53 bits per heavy atom. The maximum atomic E-state index is 12.1. The molecule has 1 fully saturated rings. The predicted octanol–water partition coefficient (Wildman–Crippen LogP) is 0.100. The molecule has 1 aliphatic rings. The van der Waals surface area contributed by atoms with Gasteiger partial charge in [-0.05, 0) is 19.8 Å². The molecule has 0 saturated carbocycles. The summed E-state index contributed by atoms with van der Waals surface area (Å²) < 4.78 is 0. The zero-order chi connectivity index (χ0) is 14.6.